The first-order valence-electron chi connectivity index (χ1n) is 8.83. The molecule has 0 N–H and O–H groups in total. The molecule has 142 valence electrons. The maximum Gasteiger partial charge on any atom is 0.329 e. The minimum atomic E-state index is -3.65. The summed E-state index contributed by atoms with van der Waals surface area (Å²) in [5, 5.41) is 0. The summed E-state index contributed by atoms with van der Waals surface area (Å²) in [6.07, 6.45) is 0.756. The molecule has 0 aliphatic rings. The van der Waals surface area contributed by atoms with E-state index >= 15 is 0 Å². The maximum absolute atomic E-state index is 15.0. The standard InChI is InChI=1S/C24H20F2O2/c1-17-8-6-7-11-21(17)22(18-12-14-20(28-2)15-13-18)16-24(25,26)23(27)19-9-4-3-5-10-19/h3-16H,1-2H3/b22-16+. The van der Waals surface area contributed by atoms with Gasteiger partial charge in [0.15, 0.2) is 0 Å². The molecule has 0 radical (unpaired) electrons. The zero-order chi connectivity index (χ0) is 20.1. The Morgan fingerprint density at radius 3 is 2.07 bits per heavy atom. The summed E-state index contributed by atoms with van der Waals surface area (Å²) >= 11 is 0. The molecule has 0 bridgehead atoms. The minimum Gasteiger partial charge on any atom is -0.497 e. The molecule has 4 heteroatoms. The second kappa shape index (κ2) is 8.17. The van der Waals surface area contributed by atoms with Crippen LogP contribution in [0.15, 0.2) is 84.9 Å². The normalized spacial score (nSPS) is 11.9. The third-order valence-electron chi connectivity index (χ3n) is 4.50. The summed E-state index contributed by atoms with van der Waals surface area (Å²) in [6.45, 7) is 1.85. The number of Topliss-reactive ketones (excluding diaryl/α,β-unsaturated/α-hetero) is 1. The summed E-state index contributed by atoms with van der Waals surface area (Å²) in [7, 11) is 1.54. The van der Waals surface area contributed by atoms with Crippen LogP contribution < -0.4 is 4.74 Å². The Labute approximate surface area is 163 Å². The number of ether oxygens (including phenoxy) is 1. The van der Waals surface area contributed by atoms with Crippen LogP contribution in [0.5, 0.6) is 5.75 Å². The number of aryl methyl sites for hydroxylation is 1. The Kier molecular flexibility index (Phi) is 5.69. The lowest BCUT2D eigenvalue weighted by molar-refractivity contribution is 0.0384. The van der Waals surface area contributed by atoms with E-state index in [1.807, 2.05) is 19.1 Å². The number of alkyl halides is 2. The number of halogens is 2. The van der Waals surface area contributed by atoms with Crippen molar-refractivity contribution in [3.63, 3.8) is 0 Å². The van der Waals surface area contributed by atoms with Gasteiger partial charge in [-0.3, -0.25) is 4.79 Å². The lowest BCUT2D eigenvalue weighted by Crippen LogP contribution is -2.26. The van der Waals surface area contributed by atoms with Gasteiger partial charge in [0, 0.05) is 11.6 Å². The van der Waals surface area contributed by atoms with E-state index in [0.29, 0.717) is 22.4 Å². The van der Waals surface area contributed by atoms with Crippen LogP contribution in [-0.2, 0) is 0 Å². The van der Waals surface area contributed by atoms with Crippen LogP contribution in [0.1, 0.15) is 27.0 Å². The van der Waals surface area contributed by atoms with Gasteiger partial charge in [0.25, 0.3) is 0 Å². The van der Waals surface area contributed by atoms with Crippen LogP contribution in [0, 0.1) is 6.92 Å². The number of methoxy groups -OCH3 is 1. The summed E-state index contributed by atoms with van der Waals surface area (Å²) < 4.78 is 35.1. The fraction of sp³-hybridized carbons (Fsp3) is 0.125. The molecule has 0 saturated heterocycles. The van der Waals surface area contributed by atoms with Gasteiger partial charge < -0.3 is 4.74 Å². The van der Waals surface area contributed by atoms with Crippen molar-refractivity contribution in [2.24, 2.45) is 0 Å². The van der Waals surface area contributed by atoms with E-state index < -0.39 is 11.7 Å². The van der Waals surface area contributed by atoms with E-state index in [-0.39, 0.29) is 5.56 Å². The number of benzene rings is 3. The number of rotatable bonds is 6. The quantitative estimate of drug-likeness (QED) is 0.495. The predicted octanol–water partition coefficient (Wildman–Crippen LogP) is 5.95. The topological polar surface area (TPSA) is 26.3 Å². The van der Waals surface area contributed by atoms with Crippen molar-refractivity contribution in [1.82, 2.24) is 0 Å². The fourth-order valence-corrected chi connectivity index (χ4v) is 2.99. The van der Waals surface area contributed by atoms with Crippen molar-refractivity contribution in [2.45, 2.75) is 12.8 Å². The third kappa shape index (κ3) is 4.17. The van der Waals surface area contributed by atoms with Crippen LogP contribution in [0.4, 0.5) is 8.78 Å². The molecule has 0 fully saturated rings. The molecule has 0 atom stereocenters. The van der Waals surface area contributed by atoms with Crippen molar-refractivity contribution < 1.29 is 18.3 Å². The van der Waals surface area contributed by atoms with Gasteiger partial charge in [-0.1, -0.05) is 66.7 Å². The van der Waals surface area contributed by atoms with E-state index in [2.05, 4.69) is 0 Å². The number of carbonyl (C=O) groups excluding carboxylic acids is 1. The highest BCUT2D eigenvalue weighted by Crippen LogP contribution is 2.33. The third-order valence-corrected chi connectivity index (χ3v) is 4.50. The van der Waals surface area contributed by atoms with Crippen molar-refractivity contribution in [3.05, 3.63) is 107 Å². The van der Waals surface area contributed by atoms with Crippen molar-refractivity contribution >= 4 is 11.4 Å². The molecule has 2 nitrogen and oxygen atoms in total. The first kappa shape index (κ1) is 19.5. The lowest BCUT2D eigenvalue weighted by atomic mass is 9.91. The van der Waals surface area contributed by atoms with Crippen LogP contribution >= 0.6 is 0 Å². The SMILES string of the molecule is COc1ccc(/C(=C\C(F)(F)C(=O)c2ccccc2)c2ccccc2C)cc1. The number of hydrogen-bond donors (Lipinski definition) is 0. The Morgan fingerprint density at radius 2 is 1.46 bits per heavy atom. The van der Waals surface area contributed by atoms with Gasteiger partial charge in [0.05, 0.1) is 7.11 Å². The van der Waals surface area contributed by atoms with E-state index in [0.717, 1.165) is 11.6 Å². The second-order valence-electron chi connectivity index (χ2n) is 6.42. The monoisotopic (exact) mass is 378 g/mol. The van der Waals surface area contributed by atoms with E-state index in [4.69, 9.17) is 4.74 Å². The summed E-state index contributed by atoms with van der Waals surface area (Å²) in [6, 6.07) is 21.7. The molecule has 0 aromatic heterocycles. The molecule has 3 aromatic rings. The van der Waals surface area contributed by atoms with Gasteiger partial charge in [-0.2, -0.15) is 8.78 Å². The molecule has 0 amide bonds. The Balaban J connectivity index is 2.12. The van der Waals surface area contributed by atoms with Gasteiger partial charge in [0.1, 0.15) is 5.75 Å². The average molecular weight is 378 g/mol. The zero-order valence-electron chi connectivity index (χ0n) is 15.7. The smallest absolute Gasteiger partial charge is 0.329 e. The fourth-order valence-electron chi connectivity index (χ4n) is 2.99. The molecule has 0 heterocycles. The highest BCUT2D eigenvalue weighted by molar-refractivity contribution is 6.04. The Morgan fingerprint density at radius 1 is 0.857 bits per heavy atom. The highest BCUT2D eigenvalue weighted by Gasteiger charge is 2.37. The minimum absolute atomic E-state index is 0.0254. The number of allylic oxidation sites excluding steroid dienone is 1. The van der Waals surface area contributed by atoms with Crippen LogP contribution in [0.2, 0.25) is 0 Å². The van der Waals surface area contributed by atoms with Gasteiger partial charge in [-0.25, -0.2) is 0 Å². The molecule has 28 heavy (non-hydrogen) atoms. The molecule has 0 aliphatic carbocycles. The van der Waals surface area contributed by atoms with Crippen LogP contribution in [0.3, 0.4) is 0 Å². The van der Waals surface area contributed by atoms with Crippen LogP contribution in [0.25, 0.3) is 5.57 Å². The van der Waals surface area contributed by atoms with Gasteiger partial charge in [0.2, 0.25) is 5.78 Å². The van der Waals surface area contributed by atoms with E-state index in [1.165, 1.54) is 12.1 Å². The molecular weight excluding hydrogens is 358 g/mol. The van der Waals surface area contributed by atoms with Crippen molar-refractivity contribution in [3.8, 4) is 5.75 Å². The van der Waals surface area contributed by atoms with Gasteiger partial charge in [-0.15, -0.1) is 0 Å². The first-order valence-corrected chi connectivity index (χ1v) is 8.83. The van der Waals surface area contributed by atoms with Gasteiger partial charge >= 0.3 is 5.92 Å². The number of hydrogen-bond acceptors (Lipinski definition) is 2. The molecule has 0 aliphatic heterocycles. The largest absolute Gasteiger partial charge is 0.497 e. The molecule has 3 aromatic carbocycles. The molecular formula is C24H20F2O2. The Hall–Kier alpha value is -3.27. The van der Waals surface area contributed by atoms with E-state index in [9.17, 15) is 13.6 Å². The average Bonchev–Trinajstić information content (AvgIpc) is 2.73. The van der Waals surface area contributed by atoms with Gasteiger partial charge in [-0.05, 0) is 41.3 Å². The molecule has 0 spiro atoms. The number of ketones is 1. The summed E-state index contributed by atoms with van der Waals surface area (Å²) in [5.41, 5.74) is 2.34. The molecule has 0 saturated carbocycles. The molecule has 0 unspecified atom stereocenters. The van der Waals surface area contributed by atoms with E-state index in [1.54, 1.807) is 61.7 Å². The second-order valence-corrected chi connectivity index (χ2v) is 6.42. The Bertz CT molecular complexity index is 991. The summed E-state index contributed by atoms with van der Waals surface area (Å²) in [5.74, 6) is -4.26. The number of carbonyl (C=O) groups is 1. The predicted molar refractivity (Wildman–Crippen MR) is 107 cm³/mol. The van der Waals surface area contributed by atoms with Crippen molar-refractivity contribution in [2.75, 3.05) is 7.11 Å². The highest BCUT2D eigenvalue weighted by atomic mass is 19.3. The van der Waals surface area contributed by atoms with Crippen molar-refractivity contribution in [1.29, 1.82) is 0 Å². The maximum atomic E-state index is 15.0. The zero-order valence-corrected chi connectivity index (χ0v) is 15.7. The first-order chi connectivity index (χ1) is 13.4. The lowest BCUT2D eigenvalue weighted by Gasteiger charge is -2.17. The summed E-state index contributed by atoms with van der Waals surface area (Å²) in [4.78, 5) is 12.4. The van der Waals surface area contributed by atoms with Crippen LogP contribution in [-0.4, -0.2) is 18.8 Å². The molecule has 3 rings (SSSR count).